The number of methoxy groups -OCH3 is 1. The van der Waals surface area contributed by atoms with Crippen LogP contribution in [0.25, 0.3) is 0 Å². The van der Waals surface area contributed by atoms with Crippen LogP contribution in [-0.2, 0) is 21.2 Å². The fourth-order valence-electron chi connectivity index (χ4n) is 2.26. The number of nitrogens with zero attached hydrogens (tertiary/aromatic N) is 1. The molecular weight excluding hydrogens is 358 g/mol. The van der Waals surface area contributed by atoms with Crippen molar-refractivity contribution in [3.63, 3.8) is 0 Å². The Morgan fingerprint density at radius 2 is 1.65 bits per heavy atom. The van der Waals surface area contributed by atoms with Crippen LogP contribution >= 0.6 is 0 Å². The van der Waals surface area contributed by atoms with Gasteiger partial charge in [0, 0.05) is 0 Å². The van der Waals surface area contributed by atoms with E-state index in [1.54, 1.807) is 18.2 Å². The van der Waals surface area contributed by atoms with Gasteiger partial charge in [-0.05, 0) is 22.9 Å². The molecule has 0 unspecified atom stereocenters. The molecule has 3 rings (SSSR count). The van der Waals surface area contributed by atoms with Gasteiger partial charge in [-0.25, -0.2) is 13.2 Å². The molecule has 26 heavy (non-hydrogen) atoms. The molecule has 7 nitrogen and oxygen atoms in total. The zero-order chi connectivity index (χ0) is 18.6. The van der Waals surface area contributed by atoms with Crippen LogP contribution < -0.4 is 4.74 Å². The molecule has 0 aliphatic heterocycles. The minimum absolute atomic E-state index is 0.0158. The van der Waals surface area contributed by atoms with Crippen molar-refractivity contribution in [3.8, 4) is 5.88 Å². The van der Waals surface area contributed by atoms with Crippen LogP contribution in [0.2, 0.25) is 0 Å². The first kappa shape index (κ1) is 17.7. The molecule has 1 aromatic heterocycles. The van der Waals surface area contributed by atoms with E-state index in [1.807, 2.05) is 30.3 Å². The first-order valence-corrected chi connectivity index (χ1v) is 9.07. The fourth-order valence-corrected chi connectivity index (χ4v) is 3.70. The smallest absolute Gasteiger partial charge is 0.378 e. The van der Waals surface area contributed by atoms with E-state index in [0.29, 0.717) is 0 Å². The lowest BCUT2D eigenvalue weighted by Crippen LogP contribution is -2.10. The Morgan fingerprint density at radius 1 is 1.04 bits per heavy atom. The largest absolute Gasteiger partial charge is 0.470 e. The third kappa shape index (κ3) is 3.45. The van der Waals surface area contributed by atoms with Crippen LogP contribution in [0.4, 0.5) is 0 Å². The summed E-state index contributed by atoms with van der Waals surface area (Å²) in [6.45, 7) is 0.0608. The van der Waals surface area contributed by atoms with E-state index in [9.17, 15) is 13.2 Å². The second-order valence-electron chi connectivity index (χ2n) is 5.23. The molecule has 0 bridgehead atoms. The Morgan fingerprint density at radius 3 is 2.27 bits per heavy atom. The Kier molecular flexibility index (Phi) is 5.04. The van der Waals surface area contributed by atoms with Crippen LogP contribution in [0.15, 0.2) is 75.0 Å². The second kappa shape index (κ2) is 7.40. The highest BCUT2D eigenvalue weighted by Gasteiger charge is 2.35. The van der Waals surface area contributed by atoms with Crippen molar-refractivity contribution >= 4 is 15.8 Å². The summed E-state index contributed by atoms with van der Waals surface area (Å²) in [7, 11) is -2.98. The Labute approximate surface area is 150 Å². The molecule has 0 radical (unpaired) electrons. The number of hydrogen-bond donors (Lipinski definition) is 0. The summed E-state index contributed by atoms with van der Waals surface area (Å²) in [6, 6.07) is 16.8. The maximum Gasteiger partial charge on any atom is 0.378 e. The molecule has 0 aliphatic carbocycles. The third-order valence-electron chi connectivity index (χ3n) is 3.53. The minimum atomic E-state index is -4.10. The van der Waals surface area contributed by atoms with Crippen LogP contribution in [0.1, 0.15) is 16.1 Å². The van der Waals surface area contributed by atoms with E-state index in [0.717, 1.165) is 12.7 Å². The van der Waals surface area contributed by atoms with Gasteiger partial charge in [0.1, 0.15) is 6.61 Å². The number of benzene rings is 2. The molecule has 0 atom stereocenters. The molecule has 8 heteroatoms. The average Bonchev–Trinajstić information content (AvgIpc) is 3.12. The summed E-state index contributed by atoms with van der Waals surface area (Å²) < 4.78 is 41.0. The molecule has 2 aromatic carbocycles. The second-order valence-corrected chi connectivity index (χ2v) is 7.11. The number of sulfone groups is 1. The summed E-state index contributed by atoms with van der Waals surface area (Å²) in [5.41, 5.74) is 0.804. The molecule has 0 aliphatic rings. The number of aromatic nitrogens is 1. The summed E-state index contributed by atoms with van der Waals surface area (Å²) in [5, 5.41) is 3.61. The highest BCUT2D eigenvalue weighted by molar-refractivity contribution is 7.91. The topological polar surface area (TPSA) is 95.7 Å². The zero-order valence-corrected chi connectivity index (χ0v) is 14.6. The van der Waals surface area contributed by atoms with Crippen LogP contribution in [0, 0.1) is 0 Å². The van der Waals surface area contributed by atoms with Gasteiger partial charge in [0.05, 0.1) is 12.0 Å². The van der Waals surface area contributed by atoms with E-state index in [2.05, 4.69) is 9.89 Å². The highest BCUT2D eigenvalue weighted by Crippen LogP contribution is 2.33. The summed E-state index contributed by atoms with van der Waals surface area (Å²) in [4.78, 5) is 11.5. The van der Waals surface area contributed by atoms with Crippen LogP contribution in [-0.4, -0.2) is 26.7 Å². The SMILES string of the molecule is COC(=O)c1onc(OCc2ccccc2)c1S(=O)(=O)c1ccccc1. The van der Waals surface area contributed by atoms with Gasteiger partial charge in [-0.2, -0.15) is 0 Å². The van der Waals surface area contributed by atoms with Gasteiger partial charge in [-0.15, -0.1) is 0 Å². The molecule has 3 aromatic rings. The highest BCUT2D eigenvalue weighted by atomic mass is 32.2. The lowest BCUT2D eigenvalue weighted by molar-refractivity contribution is 0.0548. The molecule has 0 spiro atoms. The van der Waals surface area contributed by atoms with Gasteiger partial charge in [-0.3, -0.25) is 0 Å². The molecule has 134 valence electrons. The molecule has 0 N–H and O–H groups in total. The lowest BCUT2D eigenvalue weighted by Gasteiger charge is -2.07. The predicted molar refractivity (Wildman–Crippen MR) is 90.5 cm³/mol. The summed E-state index contributed by atoms with van der Waals surface area (Å²) in [6.07, 6.45) is 0. The maximum atomic E-state index is 13.0. The number of ether oxygens (including phenoxy) is 2. The molecule has 1 heterocycles. The Bertz CT molecular complexity index is 997. The number of hydrogen-bond acceptors (Lipinski definition) is 7. The van der Waals surface area contributed by atoms with Gasteiger partial charge >= 0.3 is 5.97 Å². The zero-order valence-electron chi connectivity index (χ0n) is 13.8. The Hall–Kier alpha value is -3.13. The molecule has 0 saturated carbocycles. The fraction of sp³-hybridized carbons (Fsp3) is 0.111. The Balaban J connectivity index is 2.03. The van der Waals surface area contributed by atoms with E-state index in [1.165, 1.54) is 12.1 Å². The minimum Gasteiger partial charge on any atom is -0.470 e. The number of rotatable bonds is 6. The van der Waals surface area contributed by atoms with E-state index >= 15 is 0 Å². The van der Waals surface area contributed by atoms with Crippen molar-refractivity contribution in [2.75, 3.05) is 7.11 Å². The van der Waals surface area contributed by atoms with Gasteiger partial charge in [-0.1, -0.05) is 48.5 Å². The van der Waals surface area contributed by atoms with Crippen molar-refractivity contribution in [2.24, 2.45) is 0 Å². The van der Waals surface area contributed by atoms with Crippen molar-refractivity contribution in [2.45, 2.75) is 16.4 Å². The summed E-state index contributed by atoms with van der Waals surface area (Å²) in [5.74, 6) is -1.78. The molecule has 0 fully saturated rings. The van der Waals surface area contributed by atoms with Gasteiger partial charge in [0.15, 0.2) is 4.90 Å². The number of carbonyl (C=O) groups excluding carboxylic acids is 1. The number of esters is 1. The molecule has 0 saturated heterocycles. The third-order valence-corrected chi connectivity index (χ3v) is 5.32. The van der Waals surface area contributed by atoms with Crippen molar-refractivity contribution in [3.05, 3.63) is 72.0 Å². The van der Waals surface area contributed by atoms with Gasteiger partial charge < -0.3 is 14.0 Å². The maximum absolute atomic E-state index is 13.0. The normalized spacial score (nSPS) is 11.1. The number of carbonyl (C=O) groups is 1. The van der Waals surface area contributed by atoms with Crippen molar-refractivity contribution in [1.82, 2.24) is 5.16 Å². The van der Waals surface area contributed by atoms with Gasteiger partial charge in [0.25, 0.3) is 11.6 Å². The standard InChI is InChI=1S/C18H15NO6S/c1-23-18(20)15-16(26(21,22)14-10-6-3-7-11-14)17(19-25-15)24-12-13-8-4-2-5-9-13/h2-11H,12H2,1H3. The first-order valence-electron chi connectivity index (χ1n) is 7.59. The van der Waals surface area contributed by atoms with Gasteiger partial charge in [0.2, 0.25) is 9.84 Å². The van der Waals surface area contributed by atoms with E-state index in [4.69, 9.17) is 9.26 Å². The quantitative estimate of drug-likeness (QED) is 0.613. The predicted octanol–water partition coefficient (Wildman–Crippen LogP) is 2.87. The van der Waals surface area contributed by atoms with Crippen molar-refractivity contribution < 1.29 is 27.2 Å². The van der Waals surface area contributed by atoms with E-state index < -0.39 is 26.5 Å². The lowest BCUT2D eigenvalue weighted by atomic mass is 10.2. The van der Waals surface area contributed by atoms with E-state index in [-0.39, 0.29) is 17.4 Å². The van der Waals surface area contributed by atoms with Crippen LogP contribution in [0.5, 0.6) is 5.88 Å². The van der Waals surface area contributed by atoms with Crippen LogP contribution in [0.3, 0.4) is 0 Å². The molecule has 0 amide bonds. The monoisotopic (exact) mass is 373 g/mol. The first-order chi connectivity index (χ1) is 12.5. The van der Waals surface area contributed by atoms with Crippen molar-refractivity contribution in [1.29, 1.82) is 0 Å². The summed E-state index contributed by atoms with van der Waals surface area (Å²) >= 11 is 0. The average molecular weight is 373 g/mol. The molecular formula is C18H15NO6S.